The molecule has 0 radical (unpaired) electrons. The molecule has 8 nitrogen and oxygen atoms in total. The number of carbonyl (C=O) groups is 4. The van der Waals surface area contributed by atoms with E-state index < -0.39 is 23.6 Å². The summed E-state index contributed by atoms with van der Waals surface area (Å²) in [6.07, 6.45) is 7.83. The van der Waals surface area contributed by atoms with Gasteiger partial charge in [-0.1, -0.05) is 58.5 Å². The van der Waals surface area contributed by atoms with E-state index in [0.717, 1.165) is 62.5 Å². The van der Waals surface area contributed by atoms with Gasteiger partial charge in [0.05, 0.1) is 11.1 Å². The molecule has 2 atom stereocenters. The first-order valence-corrected chi connectivity index (χ1v) is 18.7. The number of hydrogen-bond donors (Lipinski definition) is 4. The highest BCUT2D eigenvalue weighted by Crippen LogP contribution is 2.43. The fraction of sp³-hybridized carbons (Fsp3) is 0.353. The third kappa shape index (κ3) is 8.26. The van der Waals surface area contributed by atoms with E-state index >= 15 is 0 Å². The fourth-order valence-electron chi connectivity index (χ4n) is 5.73. The van der Waals surface area contributed by atoms with Crippen molar-refractivity contribution in [3.05, 3.63) is 68.4 Å². The van der Waals surface area contributed by atoms with Crippen LogP contribution in [0.25, 0.3) is 31.7 Å². The smallest absolute Gasteiger partial charge is 0.250 e. The Kier molecular flexibility index (Phi) is 12.2. The Morgan fingerprint density at radius 3 is 1.33 bits per heavy atom. The standard InChI is InChI=1S/C34H38Br2N4O4S2/c1-17(35)7-3-5-9-19-11-25(45-15-19)21-13-23(31(37)41)27-24(32(38)42)14-22(29(34(40)44)30(27)28(21)33(39)43)26-12-20(16-46-26)10-6-4-8-18(2)36/h11-18H,3-10H2,1-2H3,(H2,37,41)(H2,38,42)(H2,39,43)(H2,40,44). The number of amides is 4. The number of halogens is 2. The highest BCUT2D eigenvalue weighted by molar-refractivity contribution is 9.09. The largest absolute Gasteiger partial charge is 0.366 e. The lowest BCUT2D eigenvalue weighted by Gasteiger charge is -2.19. The van der Waals surface area contributed by atoms with Gasteiger partial charge in [-0.2, -0.15) is 0 Å². The Bertz CT molecular complexity index is 1670. The summed E-state index contributed by atoms with van der Waals surface area (Å²) < 4.78 is 0. The lowest BCUT2D eigenvalue weighted by atomic mass is 9.84. The molecule has 12 heteroatoms. The van der Waals surface area contributed by atoms with Crippen molar-refractivity contribution in [3.8, 4) is 20.9 Å². The molecule has 0 saturated carbocycles. The summed E-state index contributed by atoms with van der Waals surface area (Å²) in [6, 6.07) is 6.82. The van der Waals surface area contributed by atoms with E-state index in [0.29, 0.717) is 30.5 Å². The maximum Gasteiger partial charge on any atom is 0.250 e. The van der Waals surface area contributed by atoms with Gasteiger partial charge in [-0.15, -0.1) is 22.7 Å². The Morgan fingerprint density at radius 2 is 1.00 bits per heavy atom. The van der Waals surface area contributed by atoms with Crippen LogP contribution in [0.15, 0.2) is 35.0 Å². The average Bonchev–Trinajstić information content (AvgIpc) is 3.65. The summed E-state index contributed by atoms with van der Waals surface area (Å²) in [5.41, 5.74) is 26.4. The van der Waals surface area contributed by atoms with Gasteiger partial charge in [-0.25, -0.2) is 0 Å². The van der Waals surface area contributed by atoms with Crippen LogP contribution in [-0.4, -0.2) is 33.3 Å². The van der Waals surface area contributed by atoms with Crippen molar-refractivity contribution in [2.45, 2.75) is 74.9 Å². The first-order chi connectivity index (χ1) is 21.8. The van der Waals surface area contributed by atoms with Crippen LogP contribution in [-0.2, 0) is 12.8 Å². The molecule has 8 N–H and O–H groups in total. The number of rotatable bonds is 16. The molecule has 4 rings (SSSR count). The van der Waals surface area contributed by atoms with E-state index in [1.807, 2.05) is 22.9 Å². The van der Waals surface area contributed by atoms with E-state index in [-0.39, 0.29) is 33.0 Å². The number of hydrogen-bond acceptors (Lipinski definition) is 6. The van der Waals surface area contributed by atoms with Gasteiger partial charge >= 0.3 is 0 Å². The summed E-state index contributed by atoms with van der Waals surface area (Å²) in [5.74, 6) is -3.41. The molecule has 0 aliphatic heterocycles. The van der Waals surface area contributed by atoms with E-state index in [1.165, 1.54) is 34.8 Å². The zero-order valence-electron chi connectivity index (χ0n) is 25.8. The van der Waals surface area contributed by atoms with E-state index in [2.05, 4.69) is 45.7 Å². The van der Waals surface area contributed by atoms with Gasteiger partial charge in [-0.3, -0.25) is 19.2 Å². The molecule has 0 saturated heterocycles. The monoisotopic (exact) mass is 788 g/mol. The van der Waals surface area contributed by atoms with Crippen LogP contribution in [0.1, 0.15) is 105 Å². The number of thiophene rings is 2. The lowest BCUT2D eigenvalue weighted by Crippen LogP contribution is -2.23. The Labute approximate surface area is 293 Å². The minimum atomic E-state index is -0.857. The van der Waals surface area contributed by atoms with Crippen molar-refractivity contribution in [1.82, 2.24) is 0 Å². The first-order valence-electron chi connectivity index (χ1n) is 15.1. The quantitative estimate of drug-likeness (QED) is 0.0674. The Morgan fingerprint density at radius 1 is 0.609 bits per heavy atom. The van der Waals surface area contributed by atoms with Gasteiger partial charge < -0.3 is 22.9 Å². The van der Waals surface area contributed by atoms with Gasteiger partial charge in [0.2, 0.25) is 23.6 Å². The highest BCUT2D eigenvalue weighted by atomic mass is 79.9. The van der Waals surface area contributed by atoms with E-state index in [4.69, 9.17) is 22.9 Å². The molecule has 0 aliphatic rings. The van der Waals surface area contributed by atoms with E-state index in [1.54, 1.807) is 0 Å². The molecular weight excluding hydrogens is 752 g/mol. The van der Waals surface area contributed by atoms with Crippen molar-refractivity contribution in [2.75, 3.05) is 0 Å². The molecule has 0 bridgehead atoms. The third-order valence-corrected chi connectivity index (χ3v) is 10.8. The predicted molar refractivity (Wildman–Crippen MR) is 197 cm³/mol. The highest BCUT2D eigenvalue weighted by Gasteiger charge is 2.30. The van der Waals surface area contributed by atoms with Crippen LogP contribution in [0.3, 0.4) is 0 Å². The Balaban J connectivity index is 1.96. The van der Waals surface area contributed by atoms with Crippen molar-refractivity contribution in [3.63, 3.8) is 0 Å². The number of unbranched alkanes of at least 4 members (excludes halogenated alkanes) is 2. The van der Waals surface area contributed by atoms with Crippen LogP contribution in [0.5, 0.6) is 0 Å². The zero-order chi connectivity index (χ0) is 33.7. The molecule has 0 fully saturated rings. The molecule has 2 aromatic heterocycles. The van der Waals surface area contributed by atoms with Crippen molar-refractivity contribution < 1.29 is 19.2 Å². The SMILES string of the molecule is CC(Br)CCCCc1csc(-c2cc(C(N)=O)c3c(C(N)=O)cc(-c4cc(CCCCC(C)Br)cs4)c(C(N)=O)c3c2C(N)=O)c1. The minimum absolute atomic E-state index is 0.000108. The average molecular weight is 791 g/mol. The molecule has 0 spiro atoms. The molecule has 46 heavy (non-hydrogen) atoms. The topological polar surface area (TPSA) is 172 Å². The second kappa shape index (κ2) is 15.7. The maximum atomic E-state index is 13.3. The van der Waals surface area contributed by atoms with Gasteiger partial charge in [0.25, 0.3) is 0 Å². The van der Waals surface area contributed by atoms with Gasteiger partial charge in [0.1, 0.15) is 0 Å². The normalized spacial score (nSPS) is 12.7. The maximum absolute atomic E-state index is 13.3. The zero-order valence-corrected chi connectivity index (χ0v) is 30.6. The molecule has 4 aromatic rings. The second-order valence-electron chi connectivity index (χ2n) is 11.6. The van der Waals surface area contributed by atoms with Gasteiger partial charge in [0.15, 0.2) is 0 Å². The van der Waals surface area contributed by atoms with E-state index in [9.17, 15) is 19.2 Å². The molecule has 2 aromatic carbocycles. The molecule has 4 amide bonds. The number of alkyl halides is 2. The summed E-state index contributed by atoms with van der Waals surface area (Å²) in [4.78, 5) is 54.7. The summed E-state index contributed by atoms with van der Waals surface area (Å²) >= 11 is 9.94. The second-order valence-corrected chi connectivity index (χ2v) is 16.5. The summed E-state index contributed by atoms with van der Waals surface area (Å²) in [7, 11) is 0. The molecule has 2 unspecified atom stereocenters. The Hall–Kier alpha value is -3.06. The van der Waals surface area contributed by atoms with Crippen LogP contribution >= 0.6 is 54.5 Å². The molecule has 0 aliphatic carbocycles. The van der Waals surface area contributed by atoms with Crippen molar-refractivity contribution in [2.24, 2.45) is 22.9 Å². The summed E-state index contributed by atoms with van der Waals surface area (Å²) in [6.45, 7) is 4.23. The van der Waals surface area contributed by atoms with Gasteiger partial charge in [-0.05, 0) is 84.7 Å². The number of primary amides is 4. The van der Waals surface area contributed by atoms with Crippen molar-refractivity contribution >= 4 is 88.9 Å². The molecule has 2 heterocycles. The fourth-order valence-corrected chi connectivity index (χ4v) is 8.32. The van der Waals surface area contributed by atoms with Crippen LogP contribution in [0, 0.1) is 0 Å². The number of nitrogens with two attached hydrogens (primary N) is 4. The van der Waals surface area contributed by atoms with Gasteiger partial charge in [0, 0.05) is 52.4 Å². The molecule has 244 valence electrons. The minimum Gasteiger partial charge on any atom is -0.366 e. The third-order valence-electron chi connectivity index (χ3n) is 7.90. The number of benzene rings is 2. The first kappa shape index (κ1) is 35.8. The van der Waals surface area contributed by atoms with Crippen LogP contribution in [0.2, 0.25) is 0 Å². The predicted octanol–water partition coefficient (Wildman–Crippen LogP) is 7.68. The van der Waals surface area contributed by atoms with Crippen molar-refractivity contribution in [1.29, 1.82) is 0 Å². The number of carbonyl (C=O) groups excluding carboxylic acids is 4. The summed E-state index contributed by atoms with van der Waals surface area (Å²) in [5, 5.41) is 3.98. The lowest BCUT2D eigenvalue weighted by molar-refractivity contribution is 0.0984. The number of aryl methyl sites for hydroxylation is 2. The molecular formula is C34H38Br2N4O4S2. The van der Waals surface area contributed by atoms with Crippen LogP contribution in [0.4, 0.5) is 0 Å². The van der Waals surface area contributed by atoms with Crippen LogP contribution < -0.4 is 22.9 Å². The number of fused-ring (bicyclic) bond motifs is 1.